The molecule has 0 saturated heterocycles. The van der Waals surface area contributed by atoms with Crippen LogP contribution in [0.1, 0.15) is 30.4 Å². The largest absolute Gasteiger partial charge is 0.507 e. The number of halogens is 1. The standard InChI is InChI=1S/C11H13BrO/c12-10-6-8-4-2-1-3-5-9(8)7-11(10)13/h6-7,13H,1-5H2. The second kappa shape index (κ2) is 3.70. The number of aryl methyl sites for hydroxylation is 2. The van der Waals surface area contributed by atoms with E-state index >= 15 is 0 Å². The lowest BCUT2D eigenvalue weighted by Crippen LogP contribution is -1.90. The third-order valence-corrected chi connectivity index (χ3v) is 3.30. The van der Waals surface area contributed by atoms with Gasteiger partial charge in [0.2, 0.25) is 0 Å². The maximum atomic E-state index is 9.52. The fourth-order valence-corrected chi connectivity index (χ4v) is 2.31. The molecule has 0 bridgehead atoms. The molecule has 0 aromatic heterocycles. The molecule has 1 nitrogen and oxygen atoms in total. The van der Waals surface area contributed by atoms with E-state index in [1.807, 2.05) is 6.07 Å². The lowest BCUT2D eigenvalue weighted by atomic mass is 10.0. The van der Waals surface area contributed by atoms with E-state index in [2.05, 4.69) is 22.0 Å². The predicted molar refractivity (Wildman–Crippen MR) is 57.1 cm³/mol. The second-order valence-corrected chi connectivity index (χ2v) is 4.49. The molecule has 0 fully saturated rings. The van der Waals surface area contributed by atoms with Crippen molar-refractivity contribution in [3.63, 3.8) is 0 Å². The van der Waals surface area contributed by atoms with Gasteiger partial charge in [-0.05, 0) is 64.9 Å². The molecule has 1 aliphatic rings. The molecule has 1 aromatic rings. The van der Waals surface area contributed by atoms with Gasteiger partial charge in [0.1, 0.15) is 5.75 Å². The van der Waals surface area contributed by atoms with Gasteiger partial charge in [0.25, 0.3) is 0 Å². The van der Waals surface area contributed by atoms with Crippen LogP contribution in [0.4, 0.5) is 0 Å². The van der Waals surface area contributed by atoms with Crippen LogP contribution >= 0.6 is 15.9 Å². The van der Waals surface area contributed by atoms with Gasteiger partial charge in [-0.15, -0.1) is 0 Å². The molecule has 1 N–H and O–H groups in total. The van der Waals surface area contributed by atoms with Crippen LogP contribution in [0.5, 0.6) is 5.75 Å². The van der Waals surface area contributed by atoms with Gasteiger partial charge in [-0.2, -0.15) is 0 Å². The molecule has 0 radical (unpaired) electrons. The lowest BCUT2D eigenvalue weighted by molar-refractivity contribution is 0.471. The summed E-state index contributed by atoms with van der Waals surface area (Å²) in [6, 6.07) is 3.97. The van der Waals surface area contributed by atoms with Gasteiger partial charge in [-0.1, -0.05) is 6.42 Å². The van der Waals surface area contributed by atoms with Crippen molar-refractivity contribution in [2.24, 2.45) is 0 Å². The molecule has 1 aliphatic carbocycles. The van der Waals surface area contributed by atoms with E-state index < -0.39 is 0 Å². The molecule has 2 heteroatoms. The van der Waals surface area contributed by atoms with Crippen molar-refractivity contribution in [1.29, 1.82) is 0 Å². The first-order valence-electron chi connectivity index (χ1n) is 4.77. The van der Waals surface area contributed by atoms with Crippen molar-refractivity contribution >= 4 is 15.9 Å². The van der Waals surface area contributed by atoms with E-state index in [1.54, 1.807) is 0 Å². The highest BCUT2D eigenvalue weighted by Crippen LogP contribution is 2.30. The molecule has 2 rings (SSSR count). The minimum atomic E-state index is 0.376. The van der Waals surface area contributed by atoms with Gasteiger partial charge in [-0.25, -0.2) is 0 Å². The molecule has 0 spiro atoms. The fourth-order valence-electron chi connectivity index (χ4n) is 1.92. The Morgan fingerprint density at radius 1 is 1.00 bits per heavy atom. The number of aromatic hydroxyl groups is 1. The second-order valence-electron chi connectivity index (χ2n) is 3.63. The summed E-state index contributed by atoms with van der Waals surface area (Å²) in [5.74, 6) is 0.376. The summed E-state index contributed by atoms with van der Waals surface area (Å²) < 4.78 is 0.827. The molecule has 0 unspecified atom stereocenters. The number of hydrogen-bond donors (Lipinski definition) is 1. The van der Waals surface area contributed by atoms with Gasteiger partial charge in [-0.3, -0.25) is 0 Å². The quantitative estimate of drug-likeness (QED) is 0.690. The summed E-state index contributed by atoms with van der Waals surface area (Å²) in [6.45, 7) is 0. The van der Waals surface area contributed by atoms with Gasteiger partial charge in [0.15, 0.2) is 0 Å². The zero-order valence-electron chi connectivity index (χ0n) is 7.52. The van der Waals surface area contributed by atoms with E-state index in [9.17, 15) is 5.11 Å². The summed E-state index contributed by atoms with van der Waals surface area (Å²) in [7, 11) is 0. The molecular weight excluding hydrogens is 228 g/mol. The Balaban J connectivity index is 2.43. The minimum absolute atomic E-state index is 0.376. The molecule has 0 aliphatic heterocycles. The van der Waals surface area contributed by atoms with Crippen LogP contribution in [0.2, 0.25) is 0 Å². The van der Waals surface area contributed by atoms with E-state index in [0.29, 0.717) is 5.75 Å². The number of rotatable bonds is 0. The minimum Gasteiger partial charge on any atom is -0.507 e. The molecule has 0 saturated carbocycles. The average molecular weight is 241 g/mol. The van der Waals surface area contributed by atoms with Crippen LogP contribution in [0, 0.1) is 0 Å². The lowest BCUT2D eigenvalue weighted by Gasteiger charge is -2.07. The van der Waals surface area contributed by atoms with Crippen molar-refractivity contribution < 1.29 is 5.11 Å². The highest BCUT2D eigenvalue weighted by molar-refractivity contribution is 9.10. The first-order valence-corrected chi connectivity index (χ1v) is 5.57. The smallest absolute Gasteiger partial charge is 0.130 e. The van der Waals surface area contributed by atoms with Crippen molar-refractivity contribution in [3.05, 3.63) is 27.7 Å². The number of hydrogen-bond acceptors (Lipinski definition) is 1. The zero-order valence-corrected chi connectivity index (χ0v) is 9.10. The normalized spacial score (nSPS) is 16.4. The average Bonchev–Trinajstić information content (AvgIpc) is 2.31. The van der Waals surface area contributed by atoms with E-state index in [-0.39, 0.29) is 0 Å². The zero-order chi connectivity index (χ0) is 9.26. The summed E-state index contributed by atoms with van der Waals surface area (Å²) >= 11 is 3.35. The van der Waals surface area contributed by atoms with Crippen LogP contribution in [0.25, 0.3) is 0 Å². The number of fused-ring (bicyclic) bond motifs is 1. The van der Waals surface area contributed by atoms with E-state index in [0.717, 1.165) is 17.3 Å². The Morgan fingerprint density at radius 2 is 1.62 bits per heavy atom. The van der Waals surface area contributed by atoms with E-state index in [1.165, 1.54) is 30.4 Å². The first kappa shape index (κ1) is 9.07. The summed E-state index contributed by atoms with van der Waals surface area (Å²) in [6.07, 6.45) is 6.13. The van der Waals surface area contributed by atoms with Gasteiger partial charge < -0.3 is 5.11 Å². The Morgan fingerprint density at radius 3 is 2.31 bits per heavy atom. The van der Waals surface area contributed by atoms with Crippen molar-refractivity contribution in [2.45, 2.75) is 32.1 Å². The maximum absolute atomic E-state index is 9.52. The number of phenolic OH excluding ortho intramolecular Hbond substituents is 1. The van der Waals surface area contributed by atoms with Crippen molar-refractivity contribution in [2.75, 3.05) is 0 Å². The van der Waals surface area contributed by atoms with Crippen LogP contribution in [0.15, 0.2) is 16.6 Å². The monoisotopic (exact) mass is 240 g/mol. The van der Waals surface area contributed by atoms with Gasteiger partial charge >= 0.3 is 0 Å². The molecule has 0 heterocycles. The van der Waals surface area contributed by atoms with Crippen LogP contribution in [-0.2, 0) is 12.8 Å². The SMILES string of the molecule is Oc1cc2c(cc1Br)CCCCC2. The summed E-state index contributed by atoms with van der Waals surface area (Å²) in [4.78, 5) is 0. The Kier molecular flexibility index (Phi) is 2.58. The highest BCUT2D eigenvalue weighted by Gasteiger charge is 2.10. The summed E-state index contributed by atoms with van der Waals surface area (Å²) in [5, 5.41) is 9.52. The van der Waals surface area contributed by atoms with Crippen molar-refractivity contribution in [1.82, 2.24) is 0 Å². The van der Waals surface area contributed by atoms with Gasteiger partial charge in [0.05, 0.1) is 4.47 Å². The summed E-state index contributed by atoms with van der Waals surface area (Å²) in [5.41, 5.74) is 2.74. The number of benzene rings is 1. The van der Waals surface area contributed by atoms with Crippen LogP contribution in [-0.4, -0.2) is 5.11 Å². The Bertz CT molecular complexity index is 289. The fraction of sp³-hybridized carbons (Fsp3) is 0.455. The Labute approximate surface area is 86.9 Å². The maximum Gasteiger partial charge on any atom is 0.130 e. The Hall–Kier alpha value is -0.500. The van der Waals surface area contributed by atoms with Crippen LogP contribution in [0.3, 0.4) is 0 Å². The molecule has 1 aromatic carbocycles. The van der Waals surface area contributed by atoms with Crippen LogP contribution < -0.4 is 0 Å². The van der Waals surface area contributed by atoms with Crippen molar-refractivity contribution in [3.8, 4) is 5.75 Å². The van der Waals surface area contributed by atoms with E-state index in [4.69, 9.17) is 0 Å². The molecule has 0 amide bonds. The third kappa shape index (κ3) is 1.88. The number of phenols is 1. The molecule has 70 valence electrons. The third-order valence-electron chi connectivity index (χ3n) is 2.66. The first-order chi connectivity index (χ1) is 6.27. The molecular formula is C11H13BrO. The van der Waals surface area contributed by atoms with Gasteiger partial charge in [0, 0.05) is 0 Å². The molecule has 0 atom stereocenters. The predicted octanol–water partition coefficient (Wildman–Crippen LogP) is 3.42. The molecule has 13 heavy (non-hydrogen) atoms. The topological polar surface area (TPSA) is 20.2 Å². The highest BCUT2D eigenvalue weighted by atomic mass is 79.9.